The molecular weight excluding hydrogens is 246 g/mol. The molecule has 0 aromatic heterocycles. The van der Waals surface area contributed by atoms with Crippen molar-refractivity contribution >= 4 is 11.8 Å². The molecule has 1 rings (SSSR count). The molecule has 0 aliphatic carbocycles. The van der Waals surface area contributed by atoms with E-state index in [9.17, 15) is 9.59 Å². The Bertz CT molecular complexity index is 431. The predicted octanol–water partition coefficient (Wildman–Crippen LogP) is -0.364. The van der Waals surface area contributed by atoms with E-state index in [0.717, 1.165) is 5.56 Å². The summed E-state index contributed by atoms with van der Waals surface area (Å²) >= 11 is 0. The second kappa shape index (κ2) is 7.50. The summed E-state index contributed by atoms with van der Waals surface area (Å²) in [6, 6.07) is 6.31. The van der Waals surface area contributed by atoms with E-state index in [1.165, 1.54) is 7.11 Å². The van der Waals surface area contributed by atoms with Crippen molar-refractivity contribution in [3.63, 3.8) is 0 Å². The standard InChI is InChI=1S/C13H19N3O3/c1-15-12(17)10-5-3-9(4-6-10)7-16-13(18)11(14)8-19-2/h3-6,11H,7-8,14H2,1-2H3,(H,15,17)(H,16,18). The molecule has 2 amide bonds. The van der Waals surface area contributed by atoms with E-state index >= 15 is 0 Å². The first kappa shape index (κ1) is 15.1. The molecule has 4 N–H and O–H groups in total. The summed E-state index contributed by atoms with van der Waals surface area (Å²) in [5.41, 5.74) is 7.06. The fourth-order valence-corrected chi connectivity index (χ4v) is 1.49. The van der Waals surface area contributed by atoms with E-state index < -0.39 is 6.04 Å². The van der Waals surface area contributed by atoms with Crippen molar-refractivity contribution in [3.8, 4) is 0 Å². The summed E-state index contributed by atoms with van der Waals surface area (Å²) in [6.07, 6.45) is 0. The third-order valence-electron chi connectivity index (χ3n) is 2.59. The molecule has 1 atom stereocenters. The van der Waals surface area contributed by atoms with Gasteiger partial charge in [0.25, 0.3) is 5.91 Å². The molecule has 6 heteroatoms. The first-order valence-electron chi connectivity index (χ1n) is 5.91. The number of hydrogen-bond donors (Lipinski definition) is 3. The number of amides is 2. The zero-order valence-corrected chi connectivity index (χ0v) is 11.1. The molecule has 0 radical (unpaired) electrons. The van der Waals surface area contributed by atoms with Crippen LogP contribution in [0.25, 0.3) is 0 Å². The van der Waals surface area contributed by atoms with E-state index in [-0.39, 0.29) is 18.4 Å². The van der Waals surface area contributed by atoms with Crippen molar-refractivity contribution in [1.82, 2.24) is 10.6 Å². The number of hydrogen-bond acceptors (Lipinski definition) is 4. The lowest BCUT2D eigenvalue weighted by Gasteiger charge is -2.11. The first-order valence-corrected chi connectivity index (χ1v) is 5.91. The van der Waals surface area contributed by atoms with Gasteiger partial charge in [0.05, 0.1) is 6.61 Å². The van der Waals surface area contributed by atoms with Crippen LogP contribution in [0, 0.1) is 0 Å². The Labute approximate surface area is 112 Å². The Morgan fingerprint density at radius 2 is 1.95 bits per heavy atom. The Morgan fingerprint density at radius 1 is 1.32 bits per heavy atom. The first-order chi connectivity index (χ1) is 9.08. The Kier molecular flexibility index (Phi) is 5.98. The van der Waals surface area contributed by atoms with Crippen LogP contribution in [0.2, 0.25) is 0 Å². The van der Waals surface area contributed by atoms with Gasteiger partial charge in [-0.15, -0.1) is 0 Å². The van der Waals surface area contributed by atoms with E-state index in [2.05, 4.69) is 10.6 Å². The predicted molar refractivity (Wildman–Crippen MR) is 71.5 cm³/mol. The molecule has 0 fully saturated rings. The van der Waals surface area contributed by atoms with Crippen LogP contribution in [0.15, 0.2) is 24.3 Å². The maximum atomic E-state index is 11.5. The van der Waals surface area contributed by atoms with Crippen LogP contribution < -0.4 is 16.4 Å². The number of carbonyl (C=O) groups is 2. The average Bonchev–Trinajstić information content (AvgIpc) is 2.44. The van der Waals surface area contributed by atoms with Gasteiger partial charge in [-0.2, -0.15) is 0 Å². The molecule has 0 aliphatic rings. The molecule has 1 aromatic carbocycles. The average molecular weight is 265 g/mol. The zero-order valence-electron chi connectivity index (χ0n) is 11.1. The maximum Gasteiger partial charge on any atom is 0.251 e. The van der Waals surface area contributed by atoms with E-state index in [1.54, 1.807) is 31.3 Å². The van der Waals surface area contributed by atoms with Gasteiger partial charge in [-0.25, -0.2) is 0 Å². The van der Waals surface area contributed by atoms with Crippen LogP contribution in [-0.2, 0) is 16.1 Å². The number of carbonyl (C=O) groups excluding carboxylic acids is 2. The van der Waals surface area contributed by atoms with Crippen LogP contribution >= 0.6 is 0 Å². The number of methoxy groups -OCH3 is 1. The number of rotatable bonds is 6. The number of ether oxygens (including phenoxy) is 1. The van der Waals surface area contributed by atoms with E-state index in [0.29, 0.717) is 12.1 Å². The van der Waals surface area contributed by atoms with Gasteiger partial charge in [0.1, 0.15) is 6.04 Å². The number of nitrogens with one attached hydrogen (secondary N) is 2. The largest absolute Gasteiger partial charge is 0.383 e. The highest BCUT2D eigenvalue weighted by molar-refractivity contribution is 5.93. The SMILES string of the molecule is CNC(=O)c1ccc(CNC(=O)C(N)COC)cc1. The van der Waals surface area contributed by atoms with E-state index in [4.69, 9.17) is 10.5 Å². The minimum absolute atomic E-state index is 0.141. The van der Waals surface area contributed by atoms with Gasteiger partial charge in [0.2, 0.25) is 5.91 Å². The maximum absolute atomic E-state index is 11.5. The van der Waals surface area contributed by atoms with E-state index in [1.807, 2.05) is 0 Å². The summed E-state index contributed by atoms with van der Waals surface area (Å²) < 4.78 is 4.80. The highest BCUT2D eigenvalue weighted by atomic mass is 16.5. The third kappa shape index (κ3) is 4.69. The van der Waals surface area contributed by atoms with Crippen molar-refractivity contribution in [2.75, 3.05) is 20.8 Å². The van der Waals surface area contributed by atoms with Gasteiger partial charge >= 0.3 is 0 Å². The molecule has 6 nitrogen and oxygen atoms in total. The molecule has 0 bridgehead atoms. The van der Waals surface area contributed by atoms with Gasteiger partial charge in [-0.3, -0.25) is 9.59 Å². The lowest BCUT2D eigenvalue weighted by Crippen LogP contribution is -2.43. The Hall–Kier alpha value is -1.92. The van der Waals surface area contributed by atoms with Crippen molar-refractivity contribution in [3.05, 3.63) is 35.4 Å². The van der Waals surface area contributed by atoms with Crippen molar-refractivity contribution in [2.24, 2.45) is 5.73 Å². The second-order valence-electron chi connectivity index (χ2n) is 4.06. The van der Waals surface area contributed by atoms with Crippen molar-refractivity contribution in [1.29, 1.82) is 0 Å². The summed E-state index contributed by atoms with van der Waals surface area (Å²) in [4.78, 5) is 22.9. The molecule has 1 aromatic rings. The van der Waals surface area contributed by atoms with Gasteiger partial charge in [-0.05, 0) is 17.7 Å². The fraction of sp³-hybridized carbons (Fsp3) is 0.385. The number of benzene rings is 1. The fourth-order valence-electron chi connectivity index (χ4n) is 1.49. The highest BCUT2D eigenvalue weighted by Crippen LogP contribution is 2.04. The molecule has 0 saturated heterocycles. The summed E-state index contributed by atoms with van der Waals surface area (Å²) in [5, 5.41) is 5.24. The monoisotopic (exact) mass is 265 g/mol. The molecule has 19 heavy (non-hydrogen) atoms. The van der Waals surface area contributed by atoms with Gasteiger partial charge < -0.3 is 21.1 Å². The topological polar surface area (TPSA) is 93.5 Å². The van der Waals surface area contributed by atoms with Crippen LogP contribution in [0.1, 0.15) is 15.9 Å². The summed E-state index contributed by atoms with van der Waals surface area (Å²) in [6.45, 7) is 0.547. The minimum atomic E-state index is -0.671. The molecule has 0 heterocycles. The molecule has 0 saturated carbocycles. The quantitative estimate of drug-likeness (QED) is 0.654. The van der Waals surface area contributed by atoms with Crippen molar-refractivity contribution in [2.45, 2.75) is 12.6 Å². The lowest BCUT2D eigenvalue weighted by atomic mass is 10.1. The Balaban J connectivity index is 2.50. The molecule has 0 spiro atoms. The lowest BCUT2D eigenvalue weighted by molar-refractivity contribution is -0.123. The van der Waals surface area contributed by atoms with Gasteiger partial charge in [0, 0.05) is 26.3 Å². The number of nitrogens with two attached hydrogens (primary N) is 1. The molecule has 1 unspecified atom stereocenters. The molecular formula is C13H19N3O3. The molecule has 104 valence electrons. The normalized spacial score (nSPS) is 11.7. The van der Waals surface area contributed by atoms with Gasteiger partial charge in [-0.1, -0.05) is 12.1 Å². The summed E-state index contributed by atoms with van der Waals surface area (Å²) in [5.74, 6) is -0.407. The summed E-state index contributed by atoms with van der Waals surface area (Å²) in [7, 11) is 3.07. The third-order valence-corrected chi connectivity index (χ3v) is 2.59. The van der Waals surface area contributed by atoms with Gasteiger partial charge in [0.15, 0.2) is 0 Å². The highest BCUT2D eigenvalue weighted by Gasteiger charge is 2.12. The smallest absolute Gasteiger partial charge is 0.251 e. The van der Waals surface area contributed by atoms with Crippen LogP contribution in [0.4, 0.5) is 0 Å². The zero-order chi connectivity index (χ0) is 14.3. The minimum Gasteiger partial charge on any atom is -0.383 e. The van der Waals surface area contributed by atoms with Crippen LogP contribution in [0.5, 0.6) is 0 Å². The second-order valence-corrected chi connectivity index (χ2v) is 4.06. The van der Waals surface area contributed by atoms with Crippen LogP contribution in [0.3, 0.4) is 0 Å². The van der Waals surface area contributed by atoms with Crippen molar-refractivity contribution < 1.29 is 14.3 Å². The molecule has 0 aliphatic heterocycles. The Morgan fingerprint density at radius 3 is 2.47 bits per heavy atom. The van der Waals surface area contributed by atoms with Crippen LogP contribution in [-0.4, -0.2) is 38.6 Å².